The summed E-state index contributed by atoms with van der Waals surface area (Å²) in [5.74, 6) is 0. The van der Waals surface area contributed by atoms with Gasteiger partial charge in [-0.2, -0.15) is 0 Å². The molecule has 0 aliphatic heterocycles. The zero-order chi connectivity index (χ0) is 13.0. The summed E-state index contributed by atoms with van der Waals surface area (Å²) in [4.78, 5) is 4.00. The number of aliphatic hydroxyl groups excluding tert-OH is 1. The molecule has 3 heteroatoms. The van der Waals surface area contributed by atoms with E-state index >= 15 is 0 Å². The fraction of sp³-hybridized carbons (Fsp3) is 0.267. The Hall–Kier alpha value is -1.87. The van der Waals surface area contributed by atoms with Gasteiger partial charge < -0.3 is 10.4 Å². The van der Waals surface area contributed by atoms with Gasteiger partial charge in [0.1, 0.15) is 0 Å². The smallest absolute Gasteiger partial charge is 0.0977 e. The molecule has 2 N–H and O–H groups in total. The zero-order valence-electron chi connectivity index (χ0n) is 10.7. The average molecular weight is 242 g/mol. The van der Waals surface area contributed by atoms with Crippen molar-refractivity contribution in [3.63, 3.8) is 0 Å². The number of benzene rings is 1. The van der Waals surface area contributed by atoms with Crippen molar-refractivity contribution in [2.45, 2.75) is 20.0 Å². The summed E-state index contributed by atoms with van der Waals surface area (Å²) in [6, 6.07) is 9.95. The van der Waals surface area contributed by atoms with Gasteiger partial charge in [-0.05, 0) is 37.1 Å². The minimum Gasteiger partial charge on any atom is -0.387 e. The summed E-state index contributed by atoms with van der Waals surface area (Å²) in [6.07, 6.45) is 2.85. The quantitative estimate of drug-likeness (QED) is 0.866. The molecule has 0 radical (unpaired) electrons. The number of aryl methyl sites for hydroxylation is 2. The molecule has 2 aromatic rings. The average Bonchev–Trinajstić information content (AvgIpc) is 2.40. The molecule has 2 rings (SSSR count). The first-order valence-electron chi connectivity index (χ1n) is 6.06. The summed E-state index contributed by atoms with van der Waals surface area (Å²) in [5, 5.41) is 13.3. The van der Waals surface area contributed by atoms with Crippen LogP contribution in [0.5, 0.6) is 0 Å². The third-order valence-corrected chi connectivity index (χ3v) is 2.95. The maximum absolute atomic E-state index is 10.0. The minimum absolute atomic E-state index is 0.482. The van der Waals surface area contributed by atoms with Crippen LogP contribution in [-0.2, 0) is 0 Å². The van der Waals surface area contributed by atoms with E-state index in [1.165, 1.54) is 11.1 Å². The summed E-state index contributed by atoms with van der Waals surface area (Å²) in [6.45, 7) is 4.59. The van der Waals surface area contributed by atoms with E-state index in [0.717, 1.165) is 11.3 Å². The lowest BCUT2D eigenvalue weighted by Gasteiger charge is -2.14. The van der Waals surface area contributed by atoms with Crippen LogP contribution in [0.2, 0.25) is 0 Å². The second kappa shape index (κ2) is 5.65. The van der Waals surface area contributed by atoms with E-state index in [4.69, 9.17) is 0 Å². The van der Waals surface area contributed by atoms with Crippen LogP contribution in [0.1, 0.15) is 22.8 Å². The second-order valence-corrected chi connectivity index (χ2v) is 4.50. The van der Waals surface area contributed by atoms with Gasteiger partial charge in [0.25, 0.3) is 0 Å². The lowest BCUT2D eigenvalue weighted by atomic mass is 10.1. The third-order valence-electron chi connectivity index (χ3n) is 2.95. The van der Waals surface area contributed by atoms with Crippen molar-refractivity contribution in [3.05, 3.63) is 59.4 Å². The lowest BCUT2D eigenvalue weighted by Crippen LogP contribution is -2.13. The molecular formula is C15H18N2O. The first-order valence-corrected chi connectivity index (χ1v) is 6.06. The van der Waals surface area contributed by atoms with E-state index in [1.807, 2.05) is 12.1 Å². The third kappa shape index (κ3) is 3.08. The van der Waals surface area contributed by atoms with Crippen LogP contribution in [0.25, 0.3) is 0 Å². The number of hydrogen-bond acceptors (Lipinski definition) is 3. The standard InChI is InChI=1S/C15H18N2O/c1-11-5-6-12(2)14(8-11)17-10-15(18)13-4-3-7-16-9-13/h3-9,15,17-18H,10H2,1-2H3. The number of pyridine rings is 1. The Balaban J connectivity index is 2.01. The summed E-state index contributed by atoms with van der Waals surface area (Å²) >= 11 is 0. The molecule has 0 bridgehead atoms. The molecule has 0 aliphatic carbocycles. The van der Waals surface area contributed by atoms with Gasteiger partial charge in [0, 0.05) is 30.2 Å². The molecule has 0 saturated carbocycles. The molecule has 18 heavy (non-hydrogen) atoms. The zero-order valence-corrected chi connectivity index (χ0v) is 10.7. The number of rotatable bonds is 4. The van der Waals surface area contributed by atoms with Crippen molar-refractivity contribution in [2.24, 2.45) is 0 Å². The summed E-state index contributed by atoms with van der Waals surface area (Å²) in [7, 11) is 0. The monoisotopic (exact) mass is 242 g/mol. The maximum Gasteiger partial charge on any atom is 0.0977 e. The molecular weight excluding hydrogens is 224 g/mol. The van der Waals surface area contributed by atoms with Gasteiger partial charge in [-0.3, -0.25) is 4.98 Å². The molecule has 1 aromatic heterocycles. The Morgan fingerprint density at radius 1 is 1.28 bits per heavy atom. The van der Waals surface area contributed by atoms with Crippen LogP contribution >= 0.6 is 0 Å². The SMILES string of the molecule is Cc1ccc(C)c(NCC(O)c2cccnc2)c1. The predicted molar refractivity (Wildman–Crippen MR) is 73.6 cm³/mol. The lowest BCUT2D eigenvalue weighted by molar-refractivity contribution is 0.191. The first-order chi connectivity index (χ1) is 8.66. The Morgan fingerprint density at radius 2 is 2.11 bits per heavy atom. The van der Waals surface area contributed by atoms with Crippen molar-refractivity contribution in [1.29, 1.82) is 0 Å². The van der Waals surface area contributed by atoms with Crippen molar-refractivity contribution < 1.29 is 5.11 Å². The number of nitrogens with one attached hydrogen (secondary N) is 1. The normalized spacial score (nSPS) is 12.2. The fourth-order valence-electron chi connectivity index (χ4n) is 1.82. The molecule has 1 heterocycles. The molecule has 1 unspecified atom stereocenters. The molecule has 0 spiro atoms. The van der Waals surface area contributed by atoms with E-state index < -0.39 is 6.10 Å². The van der Waals surface area contributed by atoms with Crippen LogP contribution in [0.15, 0.2) is 42.7 Å². The molecule has 3 nitrogen and oxygen atoms in total. The van der Waals surface area contributed by atoms with E-state index in [-0.39, 0.29) is 0 Å². The van der Waals surface area contributed by atoms with Gasteiger partial charge in [-0.25, -0.2) is 0 Å². The number of hydrogen-bond donors (Lipinski definition) is 2. The van der Waals surface area contributed by atoms with Crippen LogP contribution in [-0.4, -0.2) is 16.6 Å². The van der Waals surface area contributed by atoms with Gasteiger partial charge in [-0.1, -0.05) is 18.2 Å². The molecule has 0 amide bonds. The predicted octanol–water partition coefficient (Wildman–Crippen LogP) is 2.84. The largest absolute Gasteiger partial charge is 0.387 e. The summed E-state index contributed by atoms with van der Waals surface area (Å²) < 4.78 is 0. The molecule has 1 atom stereocenters. The molecule has 0 aliphatic rings. The Kier molecular flexibility index (Phi) is 3.95. The van der Waals surface area contributed by atoms with Crippen LogP contribution in [0.3, 0.4) is 0 Å². The van der Waals surface area contributed by atoms with Crippen molar-refractivity contribution in [1.82, 2.24) is 4.98 Å². The van der Waals surface area contributed by atoms with Crippen molar-refractivity contribution in [2.75, 3.05) is 11.9 Å². The van der Waals surface area contributed by atoms with Gasteiger partial charge in [0.05, 0.1) is 6.10 Å². The van der Waals surface area contributed by atoms with Crippen molar-refractivity contribution in [3.8, 4) is 0 Å². The van der Waals surface area contributed by atoms with E-state index in [9.17, 15) is 5.11 Å². The topological polar surface area (TPSA) is 45.1 Å². The van der Waals surface area contributed by atoms with Crippen LogP contribution < -0.4 is 5.32 Å². The van der Waals surface area contributed by atoms with Gasteiger partial charge >= 0.3 is 0 Å². The van der Waals surface area contributed by atoms with Crippen LogP contribution in [0, 0.1) is 13.8 Å². The molecule has 94 valence electrons. The van der Waals surface area contributed by atoms with Crippen LogP contribution in [0.4, 0.5) is 5.69 Å². The van der Waals surface area contributed by atoms with E-state index in [0.29, 0.717) is 6.54 Å². The highest BCUT2D eigenvalue weighted by atomic mass is 16.3. The Morgan fingerprint density at radius 3 is 2.83 bits per heavy atom. The number of nitrogens with zero attached hydrogens (tertiary/aromatic N) is 1. The number of anilines is 1. The highest BCUT2D eigenvalue weighted by Crippen LogP contribution is 2.18. The Labute approximate surface area is 108 Å². The fourth-order valence-corrected chi connectivity index (χ4v) is 1.82. The number of aromatic nitrogens is 1. The maximum atomic E-state index is 10.0. The number of aliphatic hydroxyl groups is 1. The molecule has 0 fully saturated rings. The highest BCUT2D eigenvalue weighted by Gasteiger charge is 2.07. The highest BCUT2D eigenvalue weighted by molar-refractivity contribution is 5.52. The summed E-state index contributed by atoms with van der Waals surface area (Å²) in [5.41, 5.74) is 4.28. The van der Waals surface area contributed by atoms with E-state index in [1.54, 1.807) is 12.4 Å². The molecule has 0 saturated heterocycles. The van der Waals surface area contributed by atoms with Gasteiger partial charge in [-0.15, -0.1) is 0 Å². The molecule has 1 aromatic carbocycles. The minimum atomic E-state index is -0.543. The van der Waals surface area contributed by atoms with E-state index in [2.05, 4.69) is 42.3 Å². The van der Waals surface area contributed by atoms with Gasteiger partial charge in [0.15, 0.2) is 0 Å². The first kappa shape index (κ1) is 12.6. The Bertz CT molecular complexity index is 511. The van der Waals surface area contributed by atoms with Gasteiger partial charge in [0.2, 0.25) is 0 Å². The van der Waals surface area contributed by atoms with Crippen molar-refractivity contribution >= 4 is 5.69 Å². The second-order valence-electron chi connectivity index (χ2n) is 4.50.